The third-order valence-corrected chi connectivity index (χ3v) is 6.67. The second-order valence-corrected chi connectivity index (χ2v) is 8.61. The van der Waals surface area contributed by atoms with Gasteiger partial charge < -0.3 is 9.64 Å². The number of hydrogen-bond acceptors (Lipinski definition) is 4. The zero-order valence-electron chi connectivity index (χ0n) is 16.1. The van der Waals surface area contributed by atoms with Crippen molar-refractivity contribution in [2.24, 2.45) is 5.92 Å². The van der Waals surface area contributed by atoms with Crippen LogP contribution in [0.2, 0.25) is 5.02 Å². The molecule has 28 heavy (non-hydrogen) atoms. The molecule has 1 aliphatic rings. The van der Waals surface area contributed by atoms with E-state index in [1.807, 2.05) is 24.3 Å². The topological polar surface area (TPSA) is 25.4 Å². The highest BCUT2D eigenvalue weighted by atomic mass is 35.5. The monoisotopic (exact) mass is 412 g/mol. The molecule has 0 spiro atoms. The number of hydrogen-bond donors (Lipinski definition) is 0. The zero-order valence-corrected chi connectivity index (χ0v) is 17.7. The molecule has 5 heteroatoms. The van der Waals surface area contributed by atoms with Crippen molar-refractivity contribution in [2.45, 2.75) is 25.7 Å². The Morgan fingerprint density at radius 3 is 2.46 bits per heavy atom. The first-order valence-electron chi connectivity index (χ1n) is 9.80. The van der Waals surface area contributed by atoms with Crippen LogP contribution >= 0.6 is 22.9 Å². The molecule has 0 N–H and O–H groups in total. The highest BCUT2D eigenvalue weighted by Crippen LogP contribution is 2.32. The quantitative estimate of drug-likeness (QED) is 0.473. The summed E-state index contributed by atoms with van der Waals surface area (Å²) in [7, 11) is 1.71. The first kappa shape index (κ1) is 19.3. The molecular formula is C23H25ClN2OS. The number of benzene rings is 2. The summed E-state index contributed by atoms with van der Waals surface area (Å²) in [6.45, 7) is 2.20. The maximum Gasteiger partial charge on any atom is 0.185 e. The summed E-state index contributed by atoms with van der Waals surface area (Å²) in [5.74, 6) is 1.73. The molecule has 1 saturated heterocycles. The highest BCUT2D eigenvalue weighted by molar-refractivity contribution is 7.14. The van der Waals surface area contributed by atoms with E-state index in [4.69, 9.17) is 21.3 Å². The van der Waals surface area contributed by atoms with E-state index < -0.39 is 0 Å². The summed E-state index contributed by atoms with van der Waals surface area (Å²) in [6.07, 6.45) is 4.89. The number of rotatable bonds is 6. The van der Waals surface area contributed by atoms with E-state index in [9.17, 15) is 0 Å². The molecule has 0 radical (unpaired) electrons. The number of piperidine rings is 1. The predicted molar refractivity (Wildman–Crippen MR) is 119 cm³/mol. The van der Waals surface area contributed by atoms with Gasteiger partial charge in [0.05, 0.1) is 12.8 Å². The summed E-state index contributed by atoms with van der Waals surface area (Å²) in [4.78, 5) is 7.30. The molecule has 0 amide bonds. The lowest BCUT2D eigenvalue weighted by atomic mass is 9.91. The van der Waals surface area contributed by atoms with Crippen molar-refractivity contribution in [1.29, 1.82) is 0 Å². The molecule has 0 atom stereocenters. The van der Waals surface area contributed by atoms with Crippen LogP contribution in [0.15, 0.2) is 53.9 Å². The van der Waals surface area contributed by atoms with E-state index in [1.165, 1.54) is 24.8 Å². The second-order valence-electron chi connectivity index (χ2n) is 7.34. The maximum absolute atomic E-state index is 5.99. The third-order valence-electron chi connectivity index (χ3n) is 5.52. The fourth-order valence-electron chi connectivity index (χ4n) is 3.74. The lowest BCUT2D eigenvalue weighted by Gasteiger charge is -2.31. The van der Waals surface area contributed by atoms with E-state index in [1.54, 1.807) is 18.4 Å². The van der Waals surface area contributed by atoms with Crippen LogP contribution in [0.25, 0.3) is 11.3 Å². The fraction of sp³-hybridized carbons (Fsp3) is 0.348. The van der Waals surface area contributed by atoms with Crippen molar-refractivity contribution >= 4 is 28.1 Å². The largest absolute Gasteiger partial charge is 0.497 e. The molecule has 4 rings (SSSR count). The van der Waals surface area contributed by atoms with Gasteiger partial charge in [-0.3, -0.25) is 0 Å². The minimum absolute atomic E-state index is 0.760. The molecule has 2 heterocycles. The van der Waals surface area contributed by atoms with Crippen LogP contribution in [0, 0.1) is 5.92 Å². The molecule has 1 aromatic heterocycles. The van der Waals surface area contributed by atoms with Crippen molar-refractivity contribution in [2.75, 3.05) is 25.1 Å². The number of halogens is 1. The molecule has 0 aliphatic carbocycles. The predicted octanol–water partition coefficient (Wildman–Crippen LogP) is 6.32. The normalized spacial score (nSPS) is 15.0. The van der Waals surface area contributed by atoms with Crippen molar-refractivity contribution in [3.8, 4) is 17.0 Å². The number of thiazole rings is 1. The Hall–Kier alpha value is -2.04. The SMILES string of the molecule is COc1ccc(CCC2CCN(c3nc(-c4ccc(Cl)cc4)cs3)CC2)cc1. The van der Waals surface area contributed by atoms with Crippen LogP contribution in [-0.4, -0.2) is 25.2 Å². The number of ether oxygens (including phenoxy) is 1. The smallest absolute Gasteiger partial charge is 0.185 e. The second kappa shape index (κ2) is 8.97. The molecule has 1 fully saturated rings. The van der Waals surface area contributed by atoms with Crippen molar-refractivity contribution < 1.29 is 4.74 Å². The minimum Gasteiger partial charge on any atom is -0.497 e. The number of anilines is 1. The molecule has 0 bridgehead atoms. The molecular weight excluding hydrogens is 388 g/mol. The highest BCUT2D eigenvalue weighted by Gasteiger charge is 2.21. The Morgan fingerprint density at radius 1 is 1.07 bits per heavy atom. The Bertz CT molecular complexity index is 884. The van der Waals surface area contributed by atoms with E-state index in [2.05, 4.69) is 34.5 Å². The van der Waals surface area contributed by atoms with Gasteiger partial charge in [0.25, 0.3) is 0 Å². The Kier molecular flexibility index (Phi) is 6.18. The first-order chi connectivity index (χ1) is 13.7. The van der Waals surface area contributed by atoms with Crippen molar-refractivity contribution in [1.82, 2.24) is 4.98 Å². The van der Waals surface area contributed by atoms with Gasteiger partial charge in [0.1, 0.15) is 5.75 Å². The van der Waals surface area contributed by atoms with Gasteiger partial charge in [-0.2, -0.15) is 0 Å². The van der Waals surface area contributed by atoms with Crippen LogP contribution in [0.1, 0.15) is 24.8 Å². The summed E-state index contributed by atoms with van der Waals surface area (Å²) in [5, 5.41) is 4.04. The van der Waals surface area contributed by atoms with Gasteiger partial charge >= 0.3 is 0 Å². The number of aromatic nitrogens is 1. The summed E-state index contributed by atoms with van der Waals surface area (Å²) < 4.78 is 5.24. The zero-order chi connectivity index (χ0) is 19.3. The maximum atomic E-state index is 5.99. The van der Waals surface area contributed by atoms with Crippen LogP contribution in [0.4, 0.5) is 5.13 Å². The van der Waals surface area contributed by atoms with Gasteiger partial charge in [-0.25, -0.2) is 4.98 Å². The molecule has 2 aromatic carbocycles. The molecule has 1 aliphatic heterocycles. The van der Waals surface area contributed by atoms with Gasteiger partial charge in [-0.05, 0) is 61.4 Å². The molecule has 146 valence electrons. The first-order valence-corrected chi connectivity index (χ1v) is 11.1. The lowest BCUT2D eigenvalue weighted by Crippen LogP contribution is -2.33. The van der Waals surface area contributed by atoms with Gasteiger partial charge in [-0.15, -0.1) is 11.3 Å². The van der Waals surface area contributed by atoms with Crippen LogP contribution < -0.4 is 9.64 Å². The minimum atomic E-state index is 0.760. The van der Waals surface area contributed by atoms with Gasteiger partial charge in [0.15, 0.2) is 5.13 Å². The van der Waals surface area contributed by atoms with E-state index in [0.29, 0.717) is 0 Å². The molecule has 3 nitrogen and oxygen atoms in total. The average molecular weight is 413 g/mol. The standard InChI is InChI=1S/C23H25ClN2OS/c1-27-21-10-4-17(5-11-21)2-3-18-12-14-26(15-13-18)23-25-22(16-28-23)19-6-8-20(24)9-7-19/h4-11,16,18H,2-3,12-15H2,1H3. The lowest BCUT2D eigenvalue weighted by molar-refractivity contribution is 0.381. The Labute approximate surface area is 175 Å². The average Bonchev–Trinajstić information content (AvgIpc) is 3.24. The molecule has 3 aromatic rings. The van der Waals surface area contributed by atoms with Crippen molar-refractivity contribution in [3.63, 3.8) is 0 Å². The summed E-state index contributed by atoms with van der Waals surface area (Å²) in [6, 6.07) is 16.4. The van der Waals surface area contributed by atoms with Crippen LogP contribution in [0.3, 0.4) is 0 Å². The third kappa shape index (κ3) is 4.68. The van der Waals surface area contributed by atoms with E-state index in [-0.39, 0.29) is 0 Å². The fourth-order valence-corrected chi connectivity index (χ4v) is 4.75. The molecule has 0 unspecified atom stereocenters. The molecule has 0 saturated carbocycles. The van der Waals surface area contributed by atoms with Gasteiger partial charge in [0, 0.05) is 29.1 Å². The van der Waals surface area contributed by atoms with Crippen molar-refractivity contribution in [3.05, 3.63) is 64.5 Å². The Balaban J connectivity index is 1.28. The van der Waals surface area contributed by atoms with E-state index in [0.717, 1.165) is 52.6 Å². The van der Waals surface area contributed by atoms with Gasteiger partial charge in [-0.1, -0.05) is 35.9 Å². The Morgan fingerprint density at radius 2 is 1.79 bits per heavy atom. The number of aryl methyl sites for hydroxylation is 1. The van der Waals surface area contributed by atoms with Crippen LogP contribution in [0.5, 0.6) is 5.75 Å². The number of nitrogens with zero attached hydrogens (tertiary/aromatic N) is 2. The summed E-state index contributed by atoms with van der Waals surface area (Å²) >= 11 is 7.73. The van der Waals surface area contributed by atoms with Crippen LogP contribution in [-0.2, 0) is 6.42 Å². The van der Waals surface area contributed by atoms with Gasteiger partial charge in [0.2, 0.25) is 0 Å². The summed E-state index contributed by atoms with van der Waals surface area (Å²) in [5.41, 5.74) is 3.57. The van der Waals surface area contributed by atoms with E-state index >= 15 is 0 Å². The number of methoxy groups -OCH3 is 1.